The van der Waals surface area contributed by atoms with E-state index in [1.54, 1.807) is 0 Å². The van der Waals surface area contributed by atoms with Crippen LogP contribution in [0.3, 0.4) is 0 Å². The van der Waals surface area contributed by atoms with E-state index in [4.69, 9.17) is 0 Å². The fourth-order valence-corrected chi connectivity index (χ4v) is 0.513. The molecule has 0 amide bonds. The lowest BCUT2D eigenvalue weighted by atomic mass is 10.1. The highest BCUT2D eigenvalue weighted by Gasteiger charge is 2.04. The van der Waals surface area contributed by atoms with E-state index < -0.39 is 0 Å². The Balaban J connectivity index is 0. The summed E-state index contributed by atoms with van der Waals surface area (Å²) in [5.74, 6) is -0.555. The summed E-state index contributed by atoms with van der Waals surface area (Å²) in [6.07, 6.45) is 2.23. The normalized spacial score (nSPS) is 8.20. The lowest BCUT2D eigenvalue weighted by Crippen LogP contribution is -2.08. The van der Waals surface area contributed by atoms with Gasteiger partial charge in [-0.2, -0.15) is 0 Å². The molecule has 0 aromatic rings. The number of rotatable bonds is 4. The zero-order chi connectivity index (χ0) is 7.28. The smallest absolute Gasteiger partial charge is 0.198 e. The number of unbranched alkanes of at least 4 members (excludes halogenated alkanes) is 1. The molecule has 0 aliphatic heterocycles. The third kappa shape index (κ3) is 6.00. The molecule has 2 nitrogen and oxygen atoms in total. The molecule has 0 rings (SSSR count). The summed E-state index contributed by atoms with van der Waals surface area (Å²) in [5.41, 5.74) is 0. The van der Waals surface area contributed by atoms with Gasteiger partial charge in [0, 0.05) is 30.7 Å². The van der Waals surface area contributed by atoms with E-state index >= 15 is 0 Å². The SMILES string of the molecule is CCCCC(=O)C(C)=O.[Al]. The molecule has 0 spiro atoms. The fourth-order valence-electron chi connectivity index (χ4n) is 0.513. The van der Waals surface area contributed by atoms with E-state index in [1.807, 2.05) is 6.92 Å². The van der Waals surface area contributed by atoms with Crippen LogP contribution >= 0.6 is 0 Å². The van der Waals surface area contributed by atoms with E-state index in [2.05, 4.69) is 0 Å². The van der Waals surface area contributed by atoms with Crippen molar-refractivity contribution in [3.8, 4) is 0 Å². The number of hydrogen-bond acceptors (Lipinski definition) is 2. The van der Waals surface area contributed by atoms with Gasteiger partial charge in [0.25, 0.3) is 0 Å². The molecule has 3 heteroatoms. The summed E-state index contributed by atoms with van der Waals surface area (Å²) in [5, 5.41) is 0. The Morgan fingerprint density at radius 3 is 2.10 bits per heavy atom. The second-order valence-electron chi connectivity index (χ2n) is 2.08. The zero-order valence-corrected chi connectivity index (χ0v) is 7.67. The van der Waals surface area contributed by atoms with Crippen LogP contribution in [0, 0.1) is 0 Å². The van der Waals surface area contributed by atoms with Gasteiger partial charge in [-0.3, -0.25) is 9.59 Å². The van der Waals surface area contributed by atoms with Crippen molar-refractivity contribution >= 4 is 28.9 Å². The summed E-state index contributed by atoms with van der Waals surface area (Å²) >= 11 is 0. The third-order valence-corrected chi connectivity index (χ3v) is 1.15. The van der Waals surface area contributed by atoms with Crippen LogP contribution in [-0.2, 0) is 9.59 Å². The molecule has 0 saturated heterocycles. The molecule has 0 fully saturated rings. The van der Waals surface area contributed by atoms with Gasteiger partial charge in [0.05, 0.1) is 0 Å². The van der Waals surface area contributed by atoms with Crippen molar-refractivity contribution in [3.63, 3.8) is 0 Å². The van der Waals surface area contributed by atoms with E-state index in [0.29, 0.717) is 6.42 Å². The highest BCUT2D eigenvalue weighted by molar-refractivity contribution is 6.36. The Labute approximate surface area is 72.1 Å². The van der Waals surface area contributed by atoms with Crippen molar-refractivity contribution in [1.82, 2.24) is 0 Å². The van der Waals surface area contributed by atoms with Crippen LogP contribution in [0.5, 0.6) is 0 Å². The molecule has 10 heavy (non-hydrogen) atoms. The molecule has 0 heterocycles. The van der Waals surface area contributed by atoms with Gasteiger partial charge in [-0.15, -0.1) is 0 Å². The van der Waals surface area contributed by atoms with Crippen LogP contribution in [0.2, 0.25) is 0 Å². The van der Waals surface area contributed by atoms with Gasteiger partial charge in [-0.1, -0.05) is 13.3 Å². The molecule has 55 valence electrons. The van der Waals surface area contributed by atoms with Gasteiger partial charge in [-0.05, 0) is 6.42 Å². The van der Waals surface area contributed by atoms with Crippen molar-refractivity contribution in [2.24, 2.45) is 0 Å². The topological polar surface area (TPSA) is 34.1 Å². The molecular weight excluding hydrogens is 143 g/mol. The van der Waals surface area contributed by atoms with Crippen molar-refractivity contribution in [3.05, 3.63) is 0 Å². The molecule has 0 N–H and O–H groups in total. The quantitative estimate of drug-likeness (QED) is 0.447. The standard InChI is InChI=1S/C7H12O2.Al/c1-3-4-5-7(9)6(2)8;/h3-5H2,1-2H3;. The second kappa shape index (κ2) is 6.99. The van der Waals surface area contributed by atoms with Crippen LogP contribution in [0.25, 0.3) is 0 Å². The number of carbonyl (C=O) groups is 2. The second-order valence-corrected chi connectivity index (χ2v) is 2.08. The van der Waals surface area contributed by atoms with Gasteiger partial charge in [0.2, 0.25) is 0 Å². The first kappa shape index (κ1) is 12.5. The number of hydrogen-bond donors (Lipinski definition) is 0. The third-order valence-electron chi connectivity index (χ3n) is 1.15. The van der Waals surface area contributed by atoms with Crippen LogP contribution < -0.4 is 0 Å². The molecule has 0 atom stereocenters. The maximum absolute atomic E-state index is 10.6. The highest BCUT2D eigenvalue weighted by atomic mass is 27.0. The van der Waals surface area contributed by atoms with Gasteiger partial charge in [0.15, 0.2) is 11.6 Å². The van der Waals surface area contributed by atoms with E-state index in [9.17, 15) is 9.59 Å². The summed E-state index contributed by atoms with van der Waals surface area (Å²) in [6.45, 7) is 3.31. The Hall–Kier alpha value is -0.128. The van der Waals surface area contributed by atoms with Gasteiger partial charge >= 0.3 is 0 Å². The molecule has 0 unspecified atom stereocenters. The summed E-state index contributed by atoms with van der Waals surface area (Å²) in [6, 6.07) is 0. The summed E-state index contributed by atoms with van der Waals surface area (Å²) in [7, 11) is 0. The Morgan fingerprint density at radius 2 is 1.80 bits per heavy atom. The zero-order valence-electron chi connectivity index (χ0n) is 6.52. The average molecular weight is 155 g/mol. The molecule has 0 aromatic carbocycles. The predicted molar refractivity (Wildman–Crippen MR) is 41.0 cm³/mol. The minimum atomic E-state index is -0.316. The van der Waals surface area contributed by atoms with Crippen LogP contribution in [0.4, 0.5) is 0 Å². The van der Waals surface area contributed by atoms with E-state index in [-0.39, 0.29) is 28.9 Å². The van der Waals surface area contributed by atoms with Crippen molar-refractivity contribution in [2.75, 3.05) is 0 Å². The summed E-state index contributed by atoms with van der Waals surface area (Å²) < 4.78 is 0. The van der Waals surface area contributed by atoms with Crippen molar-refractivity contribution in [1.29, 1.82) is 0 Å². The highest BCUT2D eigenvalue weighted by Crippen LogP contribution is 1.94. The van der Waals surface area contributed by atoms with Crippen LogP contribution in [-0.4, -0.2) is 28.9 Å². The molecular formula is C7H12AlO2. The Bertz CT molecular complexity index is 121. The molecule has 0 aromatic heterocycles. The van der Waals surface area contributed by atoms with Gasteiger partial charge in [0.1, 0.15) is 0 Å². The lowest BCUT2D eigenvalue weighted by molar-refractivity contribution is -0.135. The van der Waals surface area contributed by atoms with Crippen LogP contribution in [0.15, 0.2) is 0 Å². The molecule has 3 radical (unpaired) electrons. The Morgan fingerprint density at radius 1 is 1.30 bits per heavy atom. The number of carbonyl (C=O) groups excluding carboxylic acids is 2. The largest absolute Gasteiger partial charge is 0.291 e. The summed E-state index contributed by atoms with van der Waals surface area (Å²) in [4.78, 5) is 20.9. The van der Waals surface area contributed by atoms with Crippen molar-refractivity contribution in [2.45, 2.75) is 33.1 Å². The molecule has 0 bridgehead atoms. The maximum atomic E-state index is 10.6. The first-order valence-corrected chi connectivity index (χ1v) is 3.22. The van der Waals surface area contributed by atoms with Gasteiger partial charge in [-0.25, -0.2) is 0 Å². The van der Waals surface area contributed by atoms with E-state index in [0.717, 1.165) is 12.8 Å². The number of ketones is 2. The first-order chi connectivity index (χ1) is 4.18. The predicted octanol–water partition coefficient (Wildman–Crippen LogP) is 0.954. The molecule has 0 aliphatic rings. The fraction of sp³-hybridized carbons (Fsp3) is 0.714. The maximum Gasteiger partial charge on any atom is 0.198 e. The van der Waals surface area contributed by atoms with Gasteiger partial charge < -0.3 is 0 Å². The molecule has 0 saturated carbocycles. The molecule has 0 aliphatic carbocycles. The number of Topliss-reactive ketones (excluding diaryl/α,β-unsaturated/α-hetero) is 2. The van der Waals surface area contributed by atoms with E-state index in [1.165, 1.54) is 6.92 Å². The lowest BCUT2D eigenvalue weighted by Gasteiger charge is -1.90. The minimum absolute atomic E-state index is 0. The average Bonchev–Trinajstić information content (AvgIpc) is 1.82. The Kier molecular flexibility index (Phi) is 8.76. The first-order valence-electron chi connectivity index (χ1n) is 3.22. The monoisotopic (exact) mass is 155 g/mol. The van der Waals surface area contributed by atoms with Crippen molar-refractivity contribution < 1.29 is 9.59 Å². The van der Waals surface area contributed by atoms with Crippen LogP contribution in [0.1, 0.15) is 33.1 Å². The minimum Gasteiger partial charge on any atom is -0.291 e.